The van der Waals surface area contributed by atoms with Crippen LogP contribution in [-0.2, 0) is 11.3 Å². The van der Waals surface area contributed by atoms with Crippen molar-refractivity contribution in [2.75, 3.05) is 56.5 Å². The summed E-state index contributed by atoms with van der Waals surface area (Å²) >= 11 is 0. The number of nitrogens with zero attached hydrogens (tertiary/aromatic N) is 5. The smallest absolute Gasteiger partial charge is 0.239 e. The van der Waals surface area contributed by atoms with E-state index in [2.05, 4.69) is 52.8 Å². The van der Waals surface area contributed by atoms with Crippen molar-refractivity contribution in [1.29, 1.82) is 0 Å². The molecule has 8 rings (SSSR count). The molecule has 7 heterocycles. The number of hydrogen-bond donors (Lipinski definition) is 4. The third-order valence-corrected chi connectivity index (χ3v) is 6.61. The number of pyridine rings is 1. The number of carbonyl (C=O) groups excluding carboxylic acids is 1. The van der Waals surface area contributed by atoms with Gasteiger partial charge in [0.25, 0.3) is 0 Å². The molecule has 1 fully saturated rings. The summed E-state index contributed by atoms with van der Waals surface area (Å²) in [4.78, 5) is 30.5. The Morgan fingerprint density at radius 1 is 0.944 bits per heavy atom. The second-order valence-corrected chi connectivity index (χ2v) is 9.13. The Kier molecular flexibility index (Phi) is 7.65. The number of carbonyl (C=O) groups is 1. The molecule has 10 heteroatoms. The summed E-state index contributed by atoms with van der Waals surface area (Å²) in [5.41, 5.74) is 4.06. The average molecular weight is 489 g/mol. The molecule has 4 N–H and O–H groups in total. The molecule has 2 aromatic heterocycles. The monoisotopic (exact) mass is 488 g/mol. The van der Waals surface area contributed by atoms with Crippen LogP contribution in [0.2, 0.25) is 0 Å². The molecule has 3 aromatic rings. The molecule has 0 spiro atoms. The number of aliphatic hydroxyl groups is 1. The van der Waals surface area contributed by atoms with Gasteiger partial charge in [0.15, 0.2) is 0 Å². The molecule has 1 unspecified atom stereocenters. The van der Waals surface area contributed by atoms with Gasteiger partial charge in [-0.25, -0.2) is 15.0 Å². The first-order valence-corrected chi connectivity index (χ1v) is 12.4. The lowest BCUT2D eigenvalue weighted by atomic mass is 10.1. The minimum Gasteiger partial charge on any atom is -0.394 e. The Hall–Kier alpha value is -3.60. The molecular weight excluding hydrogens is 456 g/mol. The number of aromatic nitrogens is 3. The van der Waals surface area contributed by atoms with Crippen LogP contribution in [0.5, 0.6) is 0 Å². The van der Waals surface area contributed by atoms with Crippen molar-refractivity contribution in [3.63, 3.8) is 0 Å². The van der Waals surface area contributed by atoms with Gasteiger partial charge in [-0.15, -0.1) is 0 Å². The number of hydrogen-bond acceptors (Lipinski definition) is 9. The highest BCUT2D eigenvalue weighted by molar-refractivity contribution is 5.81. The first-order chi connectivity index (χ1) is 17.7. The van der Waals surface area contributed by atoms with Crippen molar-refractivity contribution < 1.29 is 9.90 Å². The van der Waals surface area contributed by atoms with E-state index in [9.17, 15) is 9.90 Å². The third-order valence-electron chi connectivity index (χ3n) is 6.61. The van der Waals surface area contributed by atoms with E-state index in [0.717, 1.165) is 61.8 Å². The number of anilines is 3. The Morgan fingerprint density at radius 2 is 1.75 bits per heavy atom. The molecular formula is C26H32N8O2. The summed E-state index contributed by atoms with van der Waals surface area (Å²) < 4.78 is 0. The van der Waals surface area contributed by atoms with Crippen LogP contribution in [0.1, 0.15) is 12.0 Å². The molecule has 1 atom stereocenters. The van der Waals surface area contributed by atoms with Crippen LogP contribution in [0.15, 0.2) is 55.0 Å². The zero-order chi connectivity index (χ0) is 24.7. The molecule has 1 saturated heterocycles. The number of nitrogens with one attached hydrogen (secondary N) is 3. The van der Waals surface area contributed by atoms with Crippen LogP contribution in [-0.4, -0.2) is 87.7 Å². The van der Waals surface area contributed by atoms with Gasteiger partial charge in [0, 0.05) is 75.7 Å². The van der Waals surface area contributed by atoms with Gasteiger partial charge in [0.1, 0.15) is 11.9 Å². The SMILES string of the molecule is O=C1NCCCNc2ncc(cn2)-c2ccnc(c2)Nc2cccc(c2)CN2CCN(CC2)C1CO. The maximum atomic E-state index is 12.7. The molecule has 5 aliphatic rings. The minimum atomic E-state index is -0.521. The molecule has 36 heavy (non-hydrogen) atoms. The second kappa shape index (κ2) is 11.4. The normalized spacial score (nSPS) is 22.8. The van der Waals surface area contributed by atoms with Crippen molar-refractivity contribution in [2.45, 2.75) is 19.0 Å². The van der Waals surface area contributed by atoms with Crippen LogP contribution in [0.4, 0.5) is 17.5 Å². The van der Waals surface area contributed by atoms with Crippen LogP contribution < -0.4 is 16.0 Å². The van der Waals surface area contributed by atoms with Gasteiger partial charge in [-0.3, -0.25) is 14.6 Å². The first kappa shape index (κ1) is 24.1. The highest BCUT2D eigenvalue weighted by Gasteiger charge is 2.28. The second-order valence-electron chi connectivity index (χ2n) is 9.13. The Balaban J connectivity index is 1.37. The zero-order valence-electron chi connectivity index (χ0n) is 20.2. The maximum Gasteiger partial charge on any atom is 0.239 e. The van der Waals surface area contributed by atoms with E-state index in [1.165, 1.54) is 5.56 Å². The van der Waals surface area contributed by atoms with Gasteiger partial charge in [0.05, 0.1) is 6.61 Å². The molecule has 0 radical (unpaired) electrons. The van der Waals surface area contributed by atoms with Gasteiger partial charge in [-0.2, -0.15) is 0 Å². The number of rotatable bonds is 1. The van der Waals surface area contributed by atoms with Crippen LogP contribution in [0.3, 0.4) is 0 Å². The van der Waals surface area contributed by atoms with E-state index in [0.29, 0.717) is 19.0 Å². The molecule has 8 bridgehead atoms. The Labute approximate surface area is 210 Å². The lowest BCUT2D eigenvalue weighted by Crippen LogP contribution is -2.56. The minimum absolute atomic E-state index is 0.126. The van der Waals surface area contributed by atoms with Crippen LogP contribution in [0, 0.1) is 0 Å². The highest BCUT2D eigenvalue weighted by atomic mass is 16.3. The quantitative estimate of drug-likeness (QED) is 0.406. The Morgan fingerprint density at radius 3 is 2.56 bits per heavy atom. The number of benzene rings is 1. The predicted octanol–water partition coefficient (Wildman–Crippen LogP) is 1.69. The largest absolute Gasteiger partial charge is 0.394 e. The molecule has 5 aliphatic heterocycles. The molecule has 1 aromatic carbocycles. The van der Waals surface area contributed by atoms with E-state index < -0.39 is 6.04 Å². The molecule has 1 amide bonds. The van der Waals surface area contributed by atoms with Gasteiger partial charge >= 0.3 is 0 Å². The topological polar surface area (TPSA) is 119 Å². The van der Waals surface area contributed by atoms with E-state index in [1.807, 2.05) is 24.3 Å². The van der Waals surface area contributed by atoms with E-state index in [-0.39, 0.29) is 12.5 Å². The van der Waals surface area contributed by atoms with Gasteiger partial charge in [-0.05, 0) is 41.8 Å². The lowest BCUT2D eigenvalue weighted by Gasteiger charge is -2.38. The molecule has 10 nitrogen and oxygen atoms in total. The number of aliphatic hydroxyl groups excluding tert-OH is 1. The first-order valence-electron chi connectivity index (χ1n) is 12.4. The zero-order valence-corrected chi connectivity index (χ0v) is 20.2. The fourth-order valence-corrected chi connectivity index (χ4v) is 4.62. The number of piperazine rings is 1. The summed E-state index contributed by atoms with van der Waals surface area (Å²) in [5, 5.41) is 19.5. The van der Waals surface area contributed by atoms with Gasteiger partial charge < -0.3 is 21.1 Å². The summed E-state index contributed by atoms with van der Waals surface area (Å²) in [7, 11) is 0. The van der Waals surface area contributed by atoms with E-state index >= 15 is 0 Å². The number of amides is 1. The summed E-state index contributed by atoms with van der Waals surface area (Å²) in [5.74, 6) is 1.17. The molecule has 188 valence electrons. The maximum absolute atomic E-state index is 12.7. The fourth-order valence-electron chi connectivity index (χ4n) is 4.62. The fraction of sp³-hybridized carbons (Fsp3) is 0.385. The van der Waals surface area contributed by atoms with Crippen molar-refractivity contribution in [1.82, 2.24) is 30.1 Å². The molecule has 0 saturated carbocycles. The summed E-state index contributed by atoms with van der Waals surface area (Å²) in [6.07, 6.45) is 6.08. The van der Waals surface area contributed by atoms with Crippen molar-refractivity contribution in [3.05, 3.63) is 60.6 Å². The highest BCUT2D eigenvalue weighted by Crippen LogP contribution is 2.23. The van der Waals surface area contributed by atoms with E-state index in [4.69, 9.17) is 0 Å². The van der Waals surface area contributed by atoms with Crippen molar-refractivity contribution in [3.8, 4) is 11.1 Å². The molecule has 0 aliphatic carbocycles. The standard InChI is InChI=1S/C26H32N8O2/c35-18-23-25(36)28-6-2-7-29-26-30-15-21(16-31-26)20-5-8-27-24(14-20)32-22-4-1-3-19(13-22)17-33-9-11-34(23)12-10-33/h1,3-5,8,13-16,23,35H,2,6-7,9-12,17-18H2,(H,27,32)(H,28,36)(H,29,30,31). The third kappa shape index (κ3) is 5.96. The Bertz CT molecular complexity index is 1160. The van der Waals surface area contributed by atoms with Crippen molar-refractivity contribution >= 4 is 23.4 Å². The lowest BCUT2D eigenvalue weighted by molar-refractivity contribution is -0.128. The summed E-state index contributed by atoms with van der Waals surface area (Å²) in [6.45, 7) is 4.94. The van der Waals surface area contributed by atoms with Crippen molar-refractivity contribution in [2.24, 2.45) is 0 Å². The van der Waals surface area contributed by atoms with Gasteiger partial charge in [0.2, 0.25) is 11.9 Å². The van der Waals surface area contributed by atoms with Crippen LogP contribution >= 0.6 is 0 Å². The van der Waals surface area contributed by atoms with Gasteiger partial charge in [-0.1, -0.05) is 12.1 Å². The van der Waals surface area contributed by atoms with Crippen LogP contribution in [0.25, 0.3) is 11.1 Å². The average Bonchev–Trinajstić information content (AvgIpc) is 2.90. The van der Waals surface area contributed by atoms with E-state index in [1.54, 1.807) is 18.6 Å². The summed E-state index contributed by atoms with van der Waals surface area (Å²) in [6, 6.07) is 11.8. The predicted molar refractivity (Wildman–Crippen MR) is 139 cm³/mol.